The number of esters is 2. The van der Waals surface area contributed by atoms with Crippen molar-refractivity contribution >= 4 is 11.9 Å². The SMILES string of the molecule is C=CCOc1ccc(C(=O)Oc2ccc(C(=O)OC)cc2)cc1. The van der Waals surface area contributed by atoms with Gasteiger partial charge in [0.2, 0.25) is 0 Å². The predicted octanol–water partition coefficient (Wildman–Crippen LogP) is 3.26. The smallest absolute Gasteiger partial charge is 0.343 e. The van der Waals surface area contributed by atoms with Crippen molar-refractivity contribution in [3.8, 4) is 11.5 Å². The van der Waals surface area contributed by atoms with Gasteiger partial charge in [0.05, 0.1) is 18.2 Å². The molecule has 0 aliphatic carbocycles. The highest BCUT2D eigenvalue weighted by atomic mass is 16.5. The van der Waals surface area contributed by atoms with Crippen LogP contribution in [0.1, 0.15) is 20.7 Å². The van der Waals surface area contributed by atoms with Gasteiger partial charge >= 0.3 is 11.9 Å². The molecule has 5 heteroatoms. The van der Waals surface area contributed by atoms with Crippen LogP contribution in [-0.2, 0) is 4.74 Å². The molecular formula is C18H16O5. The highest BCUT2D eigenvalue weighted by molar-refractivity contribution is 5.92. The monoisotopic (exact) mass is 312 g/mol. The fourth-order valence-corrected chi connectivity index (χ4v) is 1.79. The second-order valence-corrected chi connectivity index (χ2v) is 4.53. The van der Waals surface area contributed by atoms with Crippen LogP contribution in [0.25, 0.3) is 0 Å². The lowest BCUT2D eigenvalue weighted by atomic mass is 10.2. The highest BCUT2D eigenvalue weighted by Gasteiger charge is 2.10. The maximum absolute atomic E-state index is 12.0. The molecule has 0 saturated carbocycles. The lowest BCUT2D eigenvalue weighted by Gasteiger charge is -2.06. The van der Waals surface area contributed by atoms with E-state index in [1.165, 1.54) is 31.4 Å². The van der Waals surface area contributed by atoms with Crippen molar-refractivity contribution in [3.05, 3.63) is 72.3 Å². The normalized spacial score (nSPS) is 9.78. The van der Waals surface area contributed by atoms with Gasteiger partial charge in [0, 0.05) is 0 Å². The van der Waals surface area contributed by atoms with Crippen molar-refractivity contribution in [2.24, 2.45) is 0 Å². The van der Waals surface area contributed by atoms with E-state index in [0.29, 0.717) is 29.2 Å². The van der Waals surface area contributed by atoms with Crippen molar-refractivity contribution in [2.45, 2.75) is 0 Å². The van der Waals surface area contributed by atoms with E-state index >= 15 is 0 Å². The summed E-state index contributed by atoms with van der Waals surface area (Å²) in [6, 6.07) is 12.7. The zero-order chi connectivity index (χ0) is 16.7. The van der Waals surface area contributed by atoms with E-state index in [-0.39, 0.29) is 0 Å². The zero-order valence-electron chi connectivity index (χ0n) is 12.7. The predicted molar refractivity (Wildman–Crippen MR) is 84.9 cm³/mol. The van der Waals surface area contributed by atoms with Crippen molar-refractivity contribution in [1.29, 1.82) is 0 Å². The molecule has 0 unspecified atom stereocenters. The summed E-state index contributed by atoms with van der Waals surface area (Å²) in [7, 11) is 1.30. The number of hydrogen-bond acceptors (Lipinski definition) is 5. The highest BCUT2D eigenvalue weighted by Crippen LogP contribution is 2.17. The van der Waals surface area contributed by atoms with Gasteiger partial charge in [0.25, 0.3) is 0 Å². The number of carbonyl (C=O) groups excluding carboxylic acids is 2. The summed E-state index contributed by atoms with van der Waals surface area (Å²) in [5.74, 6) is 0.0441. The Morgan fingerprint density at radius 2 is 1.43 bits per heavy atom. The van der Waals surface area contributed by atoms with Crippen LogP contribution in [-0.4, -0.2) is 25.7 Å². The summed E-state index contributed by atoms with van der Waals surface area (Å²) < 4.78 is 15.2. The second kappa shape index (κ2) is 7.79. The number of hydrogen-bond donors (Lipinski definition) is 0. The molecule has 0 aliphatic rings. The maximum Gasteiger partial charge on any atom is 0.343 e. The Morgan fingerprint density at radius 3 is 1.96 bits per heavy atom. The third-order valence-corrected chi connectivity index (χ3v) is 2.94. The molecule has 0 amide bonds. The van der Waals surface area contributed by atoms with Crippen molar-refractivity contribution in [1.82, 2.24) is 0 Å². The number of methoxy groups -OCH3 is 1. The lowest BCUT2D eigenvalue weighted by molar-refractivity contribution is 0.0600. The van der Waals surface area contributed by atoms with Gasteiger partial charge in [-0.1, -0.05) is 12.7 Å². The first kappa shape index (κ1) is 16.3. The summed E-state index contributed by atoms with van der Waals surface area (Å²) >= 11 is 0. The Bertz CT molecular complexity index is 686. The molecule has 0 radical (unpaired) electrons. The maximum atomic E-state index is 12.0. The summed E-state index contributed by atoms with van der Waals surface area (Å²) in [6.45, 7) is 3.96. The third-order valence-electron chi connectivity index (χ3n) is 2.94. The molecule has 118 valence electrons. The average Bonchev–Trinajstić information content (AvgIpc) is 2.60. The molecular weight excluding hydrogens is 296 g/mol. The molecule has 0 aliphatic heterocycles. The molecule has 0 saturated heterocycles. The first-order valence-electron chi connectivity index (χ1n) is 6.88. The second-order valence-electron chi connectivity index (χ2n) is 4.53. The van der Waals surface area contributed by atoms with Crippen molar-refractivity contribution < 1.29 is 23.8 Å². The zero-order valence-corrected chi connectivity index (χ0v) is 12.7. The minimum absolute atomic E-state index is 0.342. The molecule has 0 aromatic heterocycles. The first-order chi connectivity index (χ1) is 11.1. The molecule has 2 aromatic rings. The quantitative estimate of drug-likeness (QED) is 0.465. The summed E-state index contributed by atoms with van der Waals surface area (Å²) in [5.41, 5.74) is 0.781. The van der Waals surface area contributed by atoms with E-state index in [0.717, 1.165) is 0 Å². The van der Waals surface area contributed by atoms with Crippen molar-refractivity contribution in [2.75, 3.05) is 13.7 Å². The van der Waals surface area contributed by atoms with Gasteiger partial charge in [-0.3, -0.25) is 0 Å². The fourth-order valence-electron chi connectivity index (χ4n) is 1.79. The van der Waals surface area contributed by atoms with E-state index in [1.807, 2.05) is 0 Å². The molecule has 5 nitrogen and oxygen atoms in total. The number of ether oxygens (including phenoxy) is 3. The molecule has 0 N–H and O–H groups in total. The lowest BCUT2D eigenvalue weighted by Crippen LogP contribution is -2.09. The van der Waals surface area contributed by atoms with Gasteiger partial charge in [0.1, 0.15) is 18.1 Å². The number of benzene rings is 2. The van der Waals surface area contributed by atoms with E-state index in [1.54, 1.807) is 30.3 Å². The van der Waals surface area contributed by atoms with Crippen LogP contribution in [0.2, 0.25) is 0 Å². The molecule has 0 spiro atoms. The Hall–Kier alpha value is -3.08. The first-order valence-corrected chi connectivity index (χ1v) is 6.88. The minimum Gasteiger partial charge on any atom is -0.490 e. The van der Waals surface area contributed by atoms with E-state index in [2.05, 4.69) is 11.3 Å². The molecule has 0 bridgehead atoms. The van der Waals surface area contributed by atoms with Gasteiger partial charge in [0.15, 0.2) is 0 Å². The standard InChI is InChI=1S/C18H16O5/c1-3-12-22-15-8-4-14(5-9-15)18(20)23-16-10-6-13(7-11-16)17(19)21-2/h3-11H,1,12H2,2H3. The van der Waals surface area contributed by atoms with Gasteiger partial charge in [-0.2, -0.15) is 0 Å². The van der Waals surface area contributed by atoms with Crippen LogP contribution in [0.3, 0.4) is 0 Å². The molecule has 23 heavy (non-hydrogen) atoms. The summed E-state index contributed by atoms with van der Waals surface area (Å²) in [5, 5.41) is 0. The fraction of sp³-hybridized carbons (Fsp3) is 0.111. The van der Waals surface area contributed by atoms with Crippen LogP contribution in [0, 0.1) is 0 Å². The Balaban J connectivity index is 2.01. The summed E-state index contributed by atoms with van der Waals surface area (Å²) in [6.07, 6.45) is 1.64. The van der Waals surface area contributed by atoms with Crippen LogP contribution < -0.4 is 9.47 Å². The van der Waals surface area contributed by atoms with E-state index in [9.17, 15) is 9.59 Å². The number of rotatable bonds is 6. The Morgan fingerprint density at radius 1 is 0.913 bits per heavy atom. The molecule has 2 rings (SSSR count). The molecule has 0 atom stereocenters. The molecule has 0 fully saturated rings. The van der Waals surface area contributed by atoms with E-state index < -0.39 is 11.9 Å². The van der Waals surface area contributed by atoms with Gasteiger partial charge in [-0.25, -0.2) is 9.59 Å². The third kappa shape index (κ3) is 4.44. The van der Waals surface area contributed by atoms with Crippen LogP contribution >= 0.6 is 0 Å². The topological polar surface area (TPSA) is 61.8 Å². The van der Waals surface area contributed by atoms with Gasteiger partial charge in [-0.15, -0.1) is 0 Å². The van der Waals surface area contributed by atoms with Crippen LogP contribution in [0.5, 0.6) is 11.5 Å². The van der Waals surface area contributed by atoms with E-state index in [4.69, 9.17) is 9.47 Å². The minimum atomic E-state index is -0.494. The van der Waals surface area contributed by atoms with Crippen LogP contribution in [0.15, 0.2) is 61.2 Å². The Labute approximate surface area is 134 Å². The largest absolute Gasteiger partial charge is 0.490 e. The van der Waals surface area contributed by atoms with Crippen molar-refractivity contribution in [3.63, 3.8) is 0 Å². The van der Waals surface area contributed by atoms with Crippen LogP contribution in [0.4, 0.5) is 0 Å². The summed E-state index contributed by atoms with van der Waals surface area (Å²) in [4.78, 5) is 23.4. The molecule has 0 heterocycles. The molecule has 2 aromatic carbocycles. The van der Waals surface area contributed by atoms with Gasteiger partial charge in [-0.05, 0) is 48.5 Å². The Kier molecular flexibility index (Phi) is 5.52. The number of carbonyl (C=O) groups is 2. The average molecular weight is 312 g/mol. The van der Waals surface area contributed by atoms with Gasteiger partial charge < -0.3 is 14.2 Å².